The number of anilines is 1. The van der Waals surface area contributed by atoms with Crippen LogP contribution in [-0.4, -0.2) is 4.98 Å². The van der Waals surface area contributed by atoms with Gasteiger partial charge in [-0.1, -0.05) is 41.4 Å². The summed E-state index contributed by atoms with van der Waals surface area (Å²) in [5.74, 6) is 0. The molecule has 0 radical (unpaired) electrons. The summed E-state index contributed by atoms with van der Waals surface area (Å²) in [5, 5.41) is 3.99. The topological polar surface area (TPSA) is 24.9 Å². The van der Waals surface area contributed by atoms with Gasteiger partial charge in [0.15, 0.2) is 0 Å². The van der Waals surface area contributed by atoms with Crippen molar-refractivity contribution in [1.82, 2.24) is 4.98 Å². The third kappa shape index (κ3) is 3.02. The molecule has 18 heavy (non-hydrogen) atoms. The number of hydrogen-bond donors (Lipinski definition) is 1. The van der Waals surface area contributed by atoms with Crippen LogP contribution in [0.15, 0.2) is 36.5 Å². The number of benzene rings is 1. The molecule has 0 amide bonds. The van der Waals surface area contributed by atoms with Gasteiger partial charge in [0, 0.05) is 6.04 Å². The Hall–Kier alpha value is -1.54. The van der Waals surface area contributed by atoms with Crippen LogP contribution in [0, 0.1) is 13.8 Å². The second kappa shape index (κ2) is 5.40. The summed E-state index contributed by atoms with van der Waals surface area (Å²) in [6.45, 7) is 6.20. The van der Waals surface area contributed by atoms with Crippen molar-refractivity contribution >= 4 is 17.3 Å². The van der Waals surface area contributed by atoms with Crippen molar-refractivity contribution in [2.45, 2.75) is 26.8 Å². The van der Waals surface area contributed by atoms with Gasteiger partial charge in [0.2, 0.25) is 0 Å². The highest BCUT2D eigenvalue weighted by atomic mass is 35.5. The number of aryl methyl sites for hydroxylation is 2. The molecule has 0 spiro atoms. The van der Waals surface area contributed by atoms with Crippen molar-refractivity contribution in [2.24, 2.45) is 0 Å². The highest BCUT2D eigenvalue weighted by molar-refractivity contribution is 6.30. The maximum absolute atomic E-state index is 5.92. The second-order valence-electron chi connectivity index (χ2n) is 4.61. The SMILES string of the molecule is Cc1cccc(C(C)Nc2cnc(Cl)c(C)c2)c1. The molecule has 2 rings (SSSR count). The predicted octanol–water partition coefficient (Wildman–Crippen LogP) is 4.52. The third-order valence-electron chi connectivity index (χ3n) is 2.94. The van der Waals surface area contributed by atoms with Crippen LogP contribution >= 0.6 is 11.6 Å². The van der Waals surface area contributed by atoms with E-state index in [2.05, 4.69) is 48.4 Å². The van der Waals surface area contributed by atoms with Crippen molar-refractivity contribution in [3.63, 3.8) is 0 Å². The Labute approximate surface area is 113 Å². The van der Waals surface area contributed by atoms with Gasteiger partial charge in [0.1, 0.15) is 5.15 Å². The van der Waals surface area contributed by atoms with Gasteiger partial charge in [-0.25, -0.2) is 4.98 Å². The average molecular weight is 261 g/mol. The average Bonchev–Trinajstić information content (AvgIpc) is 2.34. The van der Waals surface area contributed by atoms with Crippen molar-refractivity contribution in [3.05, 3.63) is 58.4 Å². The first-order chi connectivity index (χ1) is 8.56. The summed E-state index contributed by atoms with van der Waals surface area (Å²) in [5.41, 5.74) is 4.51. The lowest BCUT2D eigenvalue weighted by Gasteiger charge is -2.16. The van der Waals surface area contributed by atoms with Gasteiger partial charge in [-0.05, 0) is 38.0 Å². The van der Waals surface area contributed by atoms with Crippen LogP contribution in [0.2, 0.25) is 5.15 Å². The fourth-order valence-corrected chi connectivity index (χ4v) is 2.01. The van der Waals surface area contributed by atoms with E-state index in [4.69, 9.17) is 11.6 Å². The first kappa shape index (κ1) is 12.9. The van der Waals surface area contributed by atoms with E-state index in [0.717, 1.165) is 11.3 Å². The molecule has 1 aromatic carbocycles. The summed E-state index contributed by atoms with van der Waals surface area (Å²) in [6, 6.07) is 10.8. The number of nitrogens with one attached hydrogen (secondary N) is 1. The first-order valence-corrected chi connectivity index (χ1v) is 6.39. The van der Waals surface area contributed by atoms with E-state index in [1.165, 1.54) is 11.1 Å². The maximum atomic E-state index is 5.92. The molecule has 0 fully saturated rings. The van der Waals surface area contributed by atoms with Crippen LogP contribution in [0.4, 0.5) is 5.69 Å². The summed E-state index contributed by atoms with van der Waals surface area (Å²) in [6.07, 6.45) is 1.77. The Morgan fingerprint density at radius 1 is 1.22 bits per heavy atom. The Morgan fingerprint density at radius 2 is 2.00 bits per heavy atom. The van der Waals surface area contributed by atoms with E-state index in [0.29, 0.717) is 5.15 Å². The predicted molar refractivity (Wildman–Crippen MR) is 77.2 cm³/mol. The zero-order chi connectivity index (χ0) is 13.1. The van der Waals surface area contributed by atoms with Crippen LogP contribution in [0.25, 0.3) is 0 Å². The molecule has 0 saturated carbocycles. The molecule has 1 atom stereocenters. The highest BCUT2D eigenvalue weighted by Gasteiger charge is 2.06. The lowest BCUT2D eigenvalue weighted by Crippen LogP contribution is -2.07. The zero-order valence-corrected chi connectivity index (χ0v) is 11.6. The van der Waals surface area contributed by atoms with Crippen molar-refractivity contribution in [3.8, 4) is 0 Å². The lowest BCUT2D eigenvalue weighted by atomic mass is 10.1. The van der Waals surface area contributed by atoms with Crippen molar-refractivity contribution < 1.29 is 0 Å². The van der Waals surface area contributed by atoms with Gasteiger partial charge in [-0.3, -0.25) is 0 Å². The normalized spacial score (nSPS) is 12.2. The quantitative estimate of drug-likeness (QED) is 0.821. The second-order valence-corrected chi connectivity index (χ2v) is 4.97. The van der Waals surface area contributed by atoms with Crippen LogP contribution in [0.3, 0.4) is 0 Å². The molecule has 2 nitrogen and oxygen atoms in total. The molecule has 1 heterocycles. The fourth-order valence-electron chi connectivity index (χ4n) is 1.91. The first-order valence-electron chi connectivity index (χ1n) is 6.01. The van der Waals surface area contributed by atoms with E-state index >= 15 is 0 Å². The Morgan fingerprint density at radius 3 is 2.67 bits per heavy atom. The number of halogens is 1. The molecule has 0 saturated heterocycles. The molecule has 0 bridgehead atoms. The molecule has 1 unspecified atom stereocenters. The fraction of sp³-hybridized carbons (Fsp3) is 0.267. The summed E-state index contributed by atoms with van der Waals surface area (Å²) < 4.78 is 0. The van der Waals surface area contributed by atoms with E-state index in [-0.39, 0.29) is 6.04 Å². The smallest absolute Gasteiger partial charge is 0.132 e. The number of hydrogen-bond acceptors (Lipinski definition) is 2. The number of rotatable bonds is 3. The molecule has 0 aliphatic carbocycles. The van der Waals surface area contributed by atoms with Gasteiger partial charge in [0.25, 0.3) is 0 Å². The van der Waals surface area contributed by atoms with E-state index in [1.54, 1.807) is 6.20 Å². The Bertz CT molecular complexity index is 552. The van der Waals surface area contributed by atoms with Gasteiger partial charge in [-0.2, -0.15) is 0 Å². The van der Waals surface area contributed by atoms with E-state index in [9.17, 15) is 0 Å². The van der Waals surface area contributed by atoms with Gasteiger partial charge in [0.05, 0.1) is 11.9 Å². The van der Waals surface area contributed by atoms with E-state index < -0.39 is 0 Å². The summed E-state index contributed by atoms with van der Waals surface area (Å²) >= 11 is 5.92. The van der Waals surface area contributed by atoms with Gasteiger partial charge < -0.3 is 5.32 Å². The molecular formula is C15H17ClN2. The Kier molecular flexibility index (Phi) is 3.87. The molecular weight excluding hydrogens is 244 g/mol. The largest absolute Gasteiger partial charge is 0.377 e. The number of pyridine rings is 1. The monoisotopic (exact) mass is 260 g/mol. The van der Waals surface area contributed by atoms with E-state index in [1.807, 2.05) is 13.0 Å². The van der Waals surface area contributed by atoms with Crippen LogP contribution in [-0.2, 0) is 0 Å². The van der Waals surface area contributed by atoms with Crippen molar-refractivity contribution in [2.75, 3.05) is 5.32 Å². The summed E-state index contributed by atoms with van der Waals surface area (Å²) in [7, 11) is 0. The van der Waals surface area contributed by atoms with Gasteiger partial charge in [-0.15, -0.1) is 0 Å². The maximum Gasteiger partial charge on any atom is 0.132 e. The minimum absolute atomic E-state index is 0.243. The molecule has 94 valence electrons. The lowest BCUT2D eigenvalue weighted by molar-refractivity contribution is 0.880. The van der Waals surface area contributed by atoms with Crippen molar-refractivity contribution in [1.29, 1.82) is 0 Å². The van der Waals surface area contributed by atoms with Crippen LogP contribution in [0.1, 0.15) is 29.7 Å². The van der Waals surface area contributed by atoms with Crippen LogP contribution < -0.4 is 5.32 Å². The summed E-state index contributed by atoms with van der Waals surface area (Å²) in [4.78, 5) is 4.15. The standard InChI is InChI=1S/C15H17ClN2/c1-10-5-4-6-13(7-10)12(3)18-14-8-11(2)15(16)17-9-14/h4-9,12,18H,1-3H3. The molecule has 0 aliphatic rings. The molecule has 0 aliphatic heterocycles. The van der Waals surface area contributed by atoms with Gasteiger partial charge >= 0.3 is 0 Å². The minimum Gasteiger partial charge on any atom is -0.377 e. The molecule has 1 aromatic heterocycles. The van der Waals surface area contributed by atoms with Crippen LogP contribution in [0.5, 0.6) is 0 Å². The Balaban J connectivity index is 2.16. The number of nitrogens with zero attached hydrogens (tertiary/aromatic N) is 1. The molecule has 2 aromatic rings. The molecule has 3 heteroatoms. The third-order valence-corrected chi connectivity index (χ3v) is 3.34. The minimum atomic E-state index is 0.243. The highest BCUT2D eigenvalue weighted by Crippen LogP contribution is 2.22. The number of aromatic nitrogens is 1. The zero-order valence-electron chi connectivity index (χ0n) is 10.9. The molecule has 1 N–H and O–H groups in total.